The molecule has 2 rings (SSSR count). The fraction of sp³-hybridized carbons (Fsp3) is 0.500. The zero-order valence-electron chi connectivity index (χ0n) is 9.39. The Labute approximate surface area is 109 Å². The second kappa shape index (κ2) is 5.91. The number of benzene rings is 1. The highest BCUT2D eigenvalue weighted by Gasteiger charge is 2.19. The van der Waals surface area contributed by atoms with E-state index in [0.717, 1.165) is 17.9 Å². The predicted octanol–water partition coefficient (Wildman–Crippen LogP) is 3.65. The second-order valence-electron chi connectivity index (χ2n) is 3.99. The fourth-order valence-electron chi connectivity index (χ4n) is 1.97. The Kier molecular flexibility index (Phi) is 4.51. The minimum Gasteiger partial charge on any atom is -0.366 e. The molecule has 1 aromatic rings. The molecule has 0 N–H and O–H groups in total. The van der Waals surface area contributed by atoms with E-state index in [-0.39, 0.29) is 11.6 Å². The van der Waals surface area contributed by atoms with Gasteiger partial charge in [0.15, 0.2) is 0 Å². The third kappa shape index (κ3) is 3.05. The van der Waals surface area contributed by atoms with Gasteiger partial charge in [-0.25, -0.2) is 8.78 Å². The van der Waals surface area contributed by atoms with Crippen LogP contribution in [0.5, 0.6) is 0 Å². The summed E-state index contributed by atoms with van der Waals surface area (Å²) in [5, 5.41) is 0. The van der Waals surface area contributed by atoms with Gasteiger partial charge in [0.2, 0.25) is 0 Å². The van der Waals surface area contributed by atoms with Gasteiger partial charge < -0.3 is 4.90 Å². The summed E-state index contributed by atoms with van der Waals surface area (Å²) in [6, 6.07) is 2.65. The summed E-state index contributed by atoms with van der Waals surface area (Å²) in [5.41, 5.74) is 0.580. The molecule has 0 atom stereocenters. The number of rotatable bonds is 2. The van der Waals surface area contributed by atoms with E-state index in [0.29, 0.717) is 18.7 Å². The molecule has 1 saturated heterocycles. The number of hydrogen-bond acceptors (Lipinski definition) is 2. The van der Waals surface area contributed by atoms with Crippen molar-refractivity contribution < 1.29 is 8.78 Å². The zero-order valence-corrected chi connectivity index (χ0v) is 11.0. The van der Waals surface area contributed by atoms with E-state index in [9.17, 15) is 8.78 Å². The first-order valence-electron chi connectivity index (χ1n) is 5.59. The van der Waals surface area contributed by atoms with Gasteiger partial charge in [0.05, 0.1) is 0 Å². The molecule has 1 fully saturated rings. The van der Waals surface area contributed by atoms with Crippen LogP contribution in [0.2, 0.25) is 0 Å². The molecule has 94 valence electrons. The van der Waals surface area contributed by atoms with Crippen LogP contribution in [-0.2, 0) is 5.88 Å². The average Bonchev–Trinajstić information content (AvgIpc) is 2.57. The molecule has 0 aliphatic carbocycles. The van der Waals surface area contributed by atoms with Gasteiger partial charge in [-0.3, -0.25) is 0 Å². The molecule has 0 radical (unpaired) electrons. The Morgan fingerprint density at radius 1 is 1.18 bits per heavy atom. The van der Waals surface area contributed by atoms with Gasteiger partial charge >= 0.3 is 0 Å². The quantitative estimate of drug-likeness (QED) is 0.759. The van der Waals surface area contributed by atoms with E-state index in [1.807, 2.05) is 11.8 Å². The monoisotopic (exact) mass is 277 g/mol. The van der Waals surface area contributed by atoms with E-state index in [2.05, 4.69) is 0 Å². The first kappa shape index (κ1) is 13.0. The Morgan fingerprint density at radius 2 is 1.88 bits per heavy atom. The summed E-state index contributed by atoms with van der Waals surface area (Å²) in [6.07, 6.45) is 0.959. The van der Waals surface area contributed by atoms with Gasteiger partial charge in [-0.1, -0.05) is 0 Å². The van der Waals surface area contributed by atoms with E-state index >= 15 is 0 Å². The number of hydrogen-bond donors (Lipinski definition) is 0. The molecule has 1 heterocycles. The number of anilines is 1. The van der Waals surface area contributed by atoms with Gasteiger partial charge in [0.25, 0.3) is 0 Å². The van der Waals surface area contributed by atoms with Crippen molar-refractivity contribution in [1.29, 1.82) is 0 Å². The van der Waals surface area contributed by atoms with Crippen LogP contribution in [0.1, 0.15) is 12.0 Å². The maximum atomic E-state index is 13.9. The topological polar surface area (TPSA) is 3.24 Å². The molecule has 1 aliphatic heterocycles. The molecule has 0 spiro atoms. The van der Waals surface area contributed by atoms with Crippen molar-refractivity contribution in [2.45, 2.75) is 12.3 Å². The largest absolute Gasteiger partial charge is 0.366 e. The Morgan fingerprint density at radius 3 is 2.53 bits per heavy atom. The van der Waals surface area contributed by atoms with E-state index in [1.165, 1.54) is 12.1 Å². The zero-order chi connectivity index (χ0) is 12.3. The van der Waals surface area contributed by atoms with E-state index in [4.69, 9.17) is 11.6 Å². The van der Waals surface area contributed by atoms with Gasteiger partial charge in [-0.15, -0.1) is 11.6 Å². The molecular formula is C12H14ClF2NS. The molecule has 1 nitrogen and oxygen atoms in total. The third-order valence-electron chi connectivity index (χ3n) is 2.77. The Hall–Kier alpha value is -0.480. The van der Waals surface area contributed by atoms with Gasteiger partial charge in [-0.05, 0) is 29.9 Å². The highest BCUT2D eigenvalue weighted by Crippen LogP contribution is 2.27. The summed E-state index contributed by atoms with van der Waals surface area (Å²) in [5.74, 6) is 1.08. The van der Waals surface area contributed by atoms with Crippen molar-refractivity contribution in [2.75, 3.05) is 29.5 Å². The lowest BCUT2D eigenvalue weighted by Crippen LogP contribution is -2.27. The van der Waals surface area contributed by atoms with Crippen molar-refractivity contribution in [3.8, 4) is 0 Å². The van der Waals surface area contributed by atoms with Crippen LogP contribution >= 0.6 is 23.4 Å². The van der Waals surface area contributed by atoms with Gasteiger partial charge in [0, 0.05) is 24.7 Å². The number of halogens is 3. The predicted molar refractivity (Wildman–Crippen MR) is 70.1 cm³/mol. The maximum Gasteiger partial charge on any atom is 0.149 e. The van der Waals surface area contributed by atoms with Crippen LogP contribution < -0.4 is 4.90 Å². The molecule has 5 heteroatoms. The minimum absolute atomic E-state index is 0.0985. The minimum atomic E-state index is -0.507. The molecular weight excluding hydrogens is 264 g/mol. The van der Waals surface area contributed by atoms with Crippen molar-refractivity contribution >= 4 is 29.1 Å². The van der Waals surface area contributed by atoms with E-state index < -0.39 is 11.6 Å². The fourth-order valence-corrected chi connectivity index (χ4v) is 3.01. The lowest BCUT2D eigenvalue weighted by Gasteiger charge is -2.23. The average molecular weight is 278 g/mol. The summed E-state index contributed by atoms with van der Waals surface area (Å²) in [6.45, 7) is 1.40. The molecule has 1 aliphatic rings. The van der Waals surface area contributed by atoms with Crippen molar-refractivity contribution in [3.05, 3.63) is 29.3 Å². The molecule has 0 unspecified atom stereocenters. The summed E-state index contributed by atoms with van der Waals surface area (Å²) in [4.78, 5) is 1.79. The number of alkyl halides is 1. The lowest BCUT2D eigenvalue weighted by atomic mass is 10.2. The van der Waals surface area contributed by atoms with Crippen molar-refractivity contribution in [2.24, 2.45) is 0 Å². The van der Waals surface area contributed by atoms with Crippen molar-refractivity contribution in [3.63, 3.8) is 0 Å². The standard InChI is InChI=1S/C12H14ClF2NS/c13-8-9-6-10(14)12(11(15)7-9)16-2-1-4-17-5-3-16/h6-7H,1-5,8H2. The molecule has 17 heavy (non-hydrogen) atoms. The lowest BCUT2D eigenvalue weighted by molar-refractivity contribution is 0.570. The molecule has 0 aromatic heterocycles. The second-order valence-corrected chi connectivity index (χ2v) is 5.49. The van der Waals surface area contributed by atoms with Crippen LogP contribution in [0.3, 0.4) is 0 Å². The van der Waals surface area contributed by atoms with Crippen LogP contribution in [0.15, 0.2) is 12.1 Å². The van der Waals surface area contributed by atoms with Crippen LogP contribution in [0, 0.1) is 11.6 Å². The smallest absolute Gasteiger partial charge is 0.149 e. The molecule has 1 aromatic carbocycles. The first-order valence-corrected chi connectivity index (χ1v) is 7.28. The van der Waals surface area contributed by atoms with Crippen molar-refractivity contribution in [1.82, 2.24) is 0 Å². The summed E-state index contributed by atoms with van der Waals surface area (Å²) >= 11 is 7.41. The molecule has 0 amide bonds. The summed E-state index contributed by atoms with van der Waals surface area (Å²) < 4.78 is 27.7. The normalized spacial score (nSPS) is 17.0. The highest BCUT2D eigenvalue weighted by molar-refractivity contribution is 7.99. The maximum absolute atomic E-state index is 13.9. The number of thioether (sulfide) groups is 1. The van der Waals surface area contributed by atoms with Crippen LogP contribution in [0.4, 0.5) is 14.5 Å². The molecule has 0 saturated carbocycles. The van der Waals surface area contributed by atoms with Crippen LogP contribution in [-0.4, -0.2) is 24.6 Å². The Balaban J connectivity index is 2.30. The third-order valence-corrected chi connectivity index (χ3v) is 4.13. The van der Waals surface area contributed by atoms with Gasteiger partial charge in [0.1, 0.15) is 17.3 Å². The number of nitrogens with zero attached hydrogens (tertiary/aromatic N) is 1. The van der Waals surface area contributed by atoms with Gasteiger partial charge in [-0.2, -0.15) is 11.8 Å². The van der Waals surface area contributed by atoms with E-state index in [1.54, 1.807) is 4.90 Å². The first-order chi connectivity index (χ1) is 8.22. The highest BCUT2D eigenvalue weighted by atomic mass is 35.5. The SMILES string of the molecule is Fc1cc(CCl)cc(F)c1N1CCCSCC1. The Bertz CT molecular complexity index is 369. The summed E-state index contributed by atoms with van der Waals surface area (Å²) in [7, 11) is 0. The van der Waals surface area contributed by atoms with Crippen LogP contribution in [0.25, 0.3) is 0 Å². The molecule has 0 bridgehead atoms.